The largest absolute Gasteiger partial charge is 0.501 e. The molecule has 3 fully saturated rings. The molecule has 3 nitrogen and oxygen atoms in total. The lowest BCUT2D eigenvalue weighted by molar-refractivity contribution is -0.165. The first-order valence-electron chi connectivity index (χ1n) is 10.8. The molecule has 0 N–H and O–H groups in total. The highest BCUT2D eigenvalue weighted by Gasteiger charge is 2.78. The maximum absolute atomic E-state index is 12.1. The van der Waals surface area contributed by atoms with Crippen LogP contribution in [0.4, 0.5) is 0 Å². The molecule has 0 aromatic heterocycles. The van der Waals surface area contributed by atoms with Gasteiger partial charge in [-0.2, -0.15) is 0 Å². The second kappa shape index (κ2) is 4.90. The Morgan fingerprint density at radius 3 is 2.78 bits per heavy atom. The summed E-state index contributed by atoms with van der Waals surface area (Å²) in [5.74, 6) is 3.86. The lowest BCUT2D eigenvalue weighted by Crippen LogP contribution is -2.53. The van der Waals surface area contributed by atoms with Crippen molar-refractivity contribution in [1.82, 2.24) is 0 Å². The van der Waals surface area contributed by atoms with Crippen LogP contribution in [-0.4, -0.2) is 18.7 Å². The molecule has 27 heavy (non-hydrogen) atoms. The van der Waals surface area contributed by atoms with E-state index in [9.17, 15) is 4.79 Å². The highest BCUT2D eigenvalue weighted by Crippen LogP contribution is 2.78. The Morgan fingerprint density at radius 1 is 1.19 bits per heavy atom. The Balaban J connectivity index is 1.43. The van der Waals surface area contributed by atoms with Gasteiger partial charge in [0, 0.05) is 29.6 Å². The van der Waals surface area contributed by atoms with E-state index in [2.05, 4.69) is 32.1 Å². The summed E-state index contributed by atoms with van der Waals surface area (Å²) >= 11 is 0. The van der Waals surface area contributed by atoms with Crippen molar-refractivity contribution in [3.05, 3.63) is 35.1 Å². The van der Waals surface area contributed by atoms with E-state index < -0.39 is 0 Å². The molecule has 144 valence electrons. The zero-order valence-corrected chi connectivity index (χ0v) is 16.7. The minimum absolute atomic E-state index is 0.0413. The van der Waals surface area contributed by atoms with Crippen LogP contribution in [0.1, 0.15) is 58.8 Å². The molecule has 1 aliphatic heterocycles. The third-order valence-corrected chi connectivity index (χ3v) is 9.49. The molecule has 3 heteroatoms. The van der Waals surface area contributed by atoms with Gasteiger partial charge in [0.25, 0.3) is 0 Å². The van der Waals surface area contributed by atoms with Crippen molar-refractivity contribution in [3.8, 4) is 0 Å². The highest BCUT2D eigenvalue weighted by atomic mass is 16.6. The van der Waals surface area contributed by atoms with Crippen molar-refractivity contribution in [1.29, 1.82) is 0 Å². The molecule has 0 aromatic rings. The van der Waals surface area contributed by atoms with Crippen molar-refractivity contribution >= 4 is 5.97 Å². The topological polar surface area (TPSA) is 35.5 Å². The number of hydrogen-bond donors (Lipinski definition) is 0. The lowest BCUT2D eigenvalue weighted by Gasteiger charge is -2.55. The number of carbonyl (C=O) groups excluding carboxylic acids is 1. The molecular weight excluding hydrogens is 336 g/mol. The zero-order valence-electron chi connectivity index (χ0n) is 16.7. The zero-order chi connectivity index (χ0) is 18.6. The maximum Gasteiger partial charge on any atom is 0.306 e. The van der Waals surface area contributed by atoms with Crippen LogP contribution in [-0.2, 0) is 14.3 Å². The molecule has 0 bridgehead atoms. The van der Waals surface area contributed by atoms with Crippen LogP contribution in [0, 0.1) is 34.5 Å². The number of rotatable bonds is 1. The van der Waals surface area contributed by atoms with Crippen LogP contribution in [0.5, 0.6) is 0 Å². The third-order valence-electron chi connectivity index (χ3n) is 9.49. The van der Waals surface area contributed by atoms with E-state index in [0.717, 1.165) is 43.8 Å². The summed E-state index contributed by atoms with van der Waals surface area (Å²) in [6, 6.07) is 0. The predicted molar refractivity (Wildman–Crippen MR) is 103 cm³/mol. The number of esters is 1. The predicted octanol–water partition coefficient (Wildman–Crippen LogP) is 4.94. The molecule has 0 aromatic carbocycles. The molecule has 6 rings (SSSR count). The monoisotopic (exact) mass is 366 g/mol. The van der Waals surface area contributed by atoms with E-state index in [1.165, 1.54) is 12.0 Å². The molecule has 6 unspecified atom stereocenters. The van der Waals surface area contributed by atoms with Crippen LogP contribution >= 0.6 is 0 Å². The molecular formula is C24H30O3. The molecule has 1 saturated heterocycles. The maximum atomic E-state index is 12.1. The van der Waals surface area contributed by atoms with Crippen molar-refractivity contribution in [3.63, 3.8) is 0 Å². The van der Waals surface area contributed by atoms with E-state index in [0.29, 0.717) is 24.2 Å². The third kappa shape index (κ3) is 1.78. The van der Waals surface area contributed by atoms with E-state index in [1.54, 1.807) is 12.7 Å². The quantitative estimate of drug-likeness (QED) is 0.487. The van der Waals surface area contributed by atoms with Gasteiger partial charge < -0.3 is 9.47 Å². The SMILES string of the molecule is COC1=CC2=CCC3C(=CCC4(C)C3C3CC3[C@@]43CCC(=O)O3)C2(C)CC1. The van der Waals surface area contributed by atoms with E-state index in [-0.39, 0.29) is 22.4 Å². The Morgan fingerprint density at radius 2 is 2.04 bits per heavy atom. The Kier molecular flexibility index (Phi) is 2.99. The van der Waals surface area contributed by atoms with Gasteiger partial charge in [0.2, 0.25) is 0 Å². The summed E-state index contributed by atoms with van der Waals surface area (Å²) in [7, 11) is 1.79. The molecule has 7 atom stereocenters. The van der Waals surface area contributed by atoms with Crippen molar-refractivity contribution in [2.75, 3.05) is 7.11 Å². The first-order chi connectivity index (χ1) is 12.9. The number of fused-ring (bicyclic) bond motifs is 9. The van der Waals surface area contributed by atoms with Crippen LogP contribution in [0.25, 0.3) is 0 Å². The van der Waals surface area contributed by atoms with Gasteiger partial charge >= 0.3 is 5.97 Å². The Labute approximate surface area is 161 Å². The normalized spacial score (nSPS) is 52.0. The van der Waals surface area contributed by atoms with E-state index in [1.807, 2.05) is 0 Å². The number of hydrogen-bond acceptors (Lipinski definition) is 3. The lowest BCUT2D eigenvalue weighted by atomic mass is 9.50. The van der Waals surface area contributed by atoms with Gasteiger partial charge in [0.1, 0.15) is 5.60 Å². The minimum Gasteiger partial charge on any atom is -0.501 e. The van der Waals surface area contributed by atoms with Crippen LogP contribution in [0.15, 0.2) is 35.1 Å². The fourth-order valence-electron chi connectivity index (χ4n) is 8.14. The Bertz CT molecular complexity index is 835. The van der Waals surface area contributed by atoms with Crippen LogP contribution in [0.3, 0.4) is 0 Å². The Hall–Kier alpha value is -1.51. The summed E-state index contributed by atoms with van der Waals surface area (Å²) in [6.45, 7) is 4.90. The second-order valence-corrected chi connectivity index (χ2v) is 10.3. The smallest absolute Gasteiger partial charge is 0.306 e. The number of allylic oxidation sites excluding steroid dienone is 6. The van der Waals surface area contributed by atoms with E-state index >= 15 is 0 Å². The highest BCUT2D eigenvalue weighted by molar-refractivity contribution is 5.73. The summed E-state index contributed by atoms with van der Waals surface area (Å²) in [4.78, 5) is 12.1. The van der Waals surface area contributed by atoms with Gasteiger partial charge in [0.15, 0.2) is 0 Å². The van der Waals surface area contributed by atoms with Crippen molar-refractivity contribution in [2.45, 2.75) is 64.4 Å². The summed E-state index contributed by atoms with van der Waals surface area (Å²) < 4.78 is 11.7. The summed E-state index contributed by atoms with van der Waals surface area (Å²) in [6.07, 6.45) is 14.6. The van der Waals surface area contributed by atoms with Gasteiger partial charge in [0.05, 0.1) is 12.9 Å². The second-order valence-electron chi connectivity index (χ2n) is 10.3. The molecule has 2 saturated carbocycles. The van der Waals surface area contributed by atoms with Crippen LogP contribution in [0.2, 0.25) is 0 Å². The number of carbonyl (C=O) groups is 1. The fraction of sp³-hybridized carbons (Fsp3) is 0.708. The number of methoxy groups -OCH3 is 1. The van der Waals surface area contributed by atoms with Gasteiger partial charge in [-0.05, 0) is 61.5 Å². The summed E-state index contributed by atoms with van der Waals surface area (Å²) in [5, 5.41) is 0. The number of ether oxygens (including phenoxy) is 2. The fourth-order valence-corrected chi connectivity index (χ4v) is 8.14. The molecule has 0 radical (unpaired) electrons. The summed E-state index contributed by atoms with van der Waals surface area (Å²) in [5.41, 5.74) is 3.27. The van der Waals surface area contributed by atoms with Crippen LogP contribution < -0.4 is 0 Å². The standard InChI is InChI=1S/C24H30O3/c1-22-9-6-15(26-3)12-14(22)4-5-16-18(22)7-10-23(2)21(16)17-13-19(17)24(23)11-8-20(25)27-24/h4,7,12,16-17,19,21H,5-6,8-11,13H2,1-3H3/t16?,17?,19?,21?,22?,23?,24-/m0/s1. The van der Waals surface area contributed by atoms with Crippen molar-refractivity contribution < 1.29 is 14.3 Å². The molecule has 0 amide bonds. The van der Waals surface area contributed by atoms with Gasteiger partial charge in [-0.1, -0.05) is 31.6 Å². The van der Waals surface area contributed by atoms with Gasteiger partial charge in [-0.15, -0.1) is 0 Å². The molecule has 1 spiro atoms. The molecule has 5 aliphatic carbocycles. The molecule has 1 heterocycles. The minimum atomic E-state index is -0.165. The van der Waals surface area contributed by atoms with Gasteiger partial charge in [-0.3, -0.25) is 4.79 Å². The first kappa shape index (κ1) is 16.4. The first-order valence-corrected chi connectivity index (χ1v) is 10.8. The average molecular weight is 367 g/mol. The van der Waals surface area contributed by atoms with E-state index in [4.69, 9.17) is 9.47 Å². The van der Waals surface area contributed by atoms with Gasteiger partial charge in [-0.25, -0.2) is 0 Å². The molecule has 6 aliphatic rings. The van der Waals surface area contributed by atoms with Crippen molar-refractivity contribution in [2.24, 2.45) is 34.5 Å². The average Bonchev–Trinajstić information content (AvgIpc) is 3.29.